The molecule has 1 heterocycles. The third-order valence-electron chi connectivity index (χ3n) is 3.43. The fourth-order valence-corrected chi connectivity index (χ4v) is 2.33. The van der Waals surface area contributed by atoms with Crippen LogP contribution in [0.2, 0.25) is 5.02 Å². The molecule has 5 nitrogen and oxygen atoms in total. The Morgan fingerprint density at radius 2 is 2.38 bits per heavy atom. The van der Waals surface area contributed by atoms with Crippen LogP contribution in [0.4, 0.5) is 0 Å². The number of aryl methyl sites for hydroxylation is 1. The van der Waals surface area contributed by atoms with E-state index >= 15 is 0 Å². The SMILES string of the molecule is Cc1cc(OCC(O)CNCC2CCC(=O)N2)ccc1Cl. The van der Waals surface area contributed by atoms with E-state index in [0.717, 1.165) is 12.0 Å². The van der Waals surface area contributed by atoms with Crippen LogP contribution < -0.4 is 15.4 Å². The monoisotopic (exact) mass is 312 g/mol. The number of benzene rings is 1. The third kappa shape index (κ3) is 5.19. The second kappa shape index (κ2) is 7.64. The zero-order valence-electron chi connectivity index (χ0n) is 12.1. The molecule has 1 aliphatic heterocycles. The van der Waals surface area contributed by atoms with Crippen LogP contribution in [-0.4, -0.2) is 42.9 Å². The molecular weight excluding hydrogens is 292 g/mol. The van der Waals surface area contributed by atoms with Crippen LogP contribution in [0.3, 0.4) is 0 Å². The zero-order chi connectivity index (χ0) is 15.2. The number of carbonyl (C=O) groups excluding carboxylic acids is 1. The molecule has 1 fully saturated rings. The van der Waals surface area contributed by atoms with Crippen LogP contribution in [0.25, 0.3) is 0 Å². The molecule has 1 aromatic carbocycles. The Bertz CT molecular complexity index is 496. The largest absolute Gasteiger partial charge is 0.491 e. The van der Waals surface area contributed by atoms with E-state index in [9.17, 15) is 9.90 Å². The Hall–Kier alpha value is -1.30. The number of ether oxygens (including phenoxy) is 1. The topological polar surface area (TPSA) is 70.6 Å². The lowest BCUT2D eigenvalue weighted by atomic mass is 10.2. The van der Waals surface area contributed by atoms with Crippen LogP contribution in [0.15, 0.2) is 18.2 Å². The minimum absolute atomic E-state index is 0.101. The first kappa shape index (κ1) is 16.1. The molecule has 2 rings (SSSR count). The first-order valence-electron chi connectivity index (χ1n) is 7.11. The van der Waals surface area contributed by atoms with E-state index < -0.39 is 6.10 Å². The molecule has 0 aliphatic carbocycles. The van der Waals surface area contributed by atoms with E-state index in [1.54, 1.807) is 12.1 Å². The van der Waals surface area contributed by atoms with Crippen molar-refractivity contribution < 1.29 is 14.6 Å². The number of aliphatic hydroxyl groups excluding tert-OH is 1. The van der Waals surface area contributed by atoms with Crippen molar-refractivity contribution in [3.63, 3.8) is 0 Å². The van der Waals surface area contributed by atoms with Crippen molar-refractivity contribution in [3.8, 4) is 5.75 Å². The van der Waals surface area contributed by atoms with Crippen LogP contribution in [0.1, 0.15) is 18.4 Å². The summed E-state index contributed by atoms with van der Waals surface area (Å²) in [7, 11) is 0. The molecule has 116 valence electrons. The van der Waals surface area contributed by atoms with E-state index in [4.69, 9.17) is 16.3 Å². The highest BCUT2D eigenvalue weighted by atomic mass is 35.5. The molecule has 0 radical (unpaired) electrons. The van der Waals surface area contributed by atoms with Crippen molar-refractivity contribution in [2.24, 2.45) is 0 Å². The molecule has 1 aliphatic rings. The minimum atomic E-state index is -0.599. The average Bonchev–Trinajstić information content (AvgIpc) is 2.86. The quantitative estimate of drug-likeness (QED) is 0.709. The molecule has 0 aromatic heterocycles. The molecule has 1 amide bonds. The Morgan fingerprint density at radius 3 is 3.05 bits per heavy atom. The third-order valence-corrected chi connectivity index (χ3v) is 3.85. The summed E-state index contributed by atoms with van der Waals surface area (Å²) in [6, 6.07) is 5.57. The zero-order valence-corrected chi connectivity index (χ0v) is 12.8. The second-order valence-corrected chi connectivity index (χ2v) is 5.74. The van der Waals surface area contributed by atoms with Crippen molar-refractivity contribution in [2.45, 2.75) is 31.9 Å². The molecular formula is C15H21ClN2O3. The van der Waals surface area contributed by atoms with Gasteiger partial charge in [-0.3, -0.25) is 4.79 Å². The Morgan fingerprint density at radius 1 is 1.57 bits per heavy atom. The van der Waals surface area contributed by atoms with Crippen molar-refractivity contribution in [1.82, 2.24) is 10.6 Å². The van der Waals surface area contributed by atoms with Gasteiger partial charge in [-0.25, -0.2) is 0 Å². The number of rotatable bonds is 7. The normalized spacial score (nSPS) is 19.4. The Labute approximate surface area is 129 Å². The van der Waals surface area contributed by atoms with Crippen molar-refractivity contribution >= 4 is 17.5 Å². The fourth-order valence-electron chi connectivity index (χ4n) is 2.21. The van der Waals surface area contributed by atoms with Crippen LogP contribution in [-0.2, 0) is 4.79 Å². The van der Waals surface area contributed by atoms with Gasteiger partial charge in [-0.15, -0.1) is 0 Å². The maximum Gasteiger partial charge on any atom is 0.220 e. The van der Waals surface area contributed by atoms with Gasteiger partial charge in [0.25, 0.3) is 0 Å². The molecule has 1 saturated heterocycles. The molecule has 2 unspecified atom stereocenters. The van der Waals surface area contributed by atoms with Crippen molar-refractivity contribution in [2.75, 3.05) is 19.7 Å². The second-order valence-electron chi connectivity index (χ2n) is 5.34. The number of hydrogen-bond donors (Lipinski definition) is 3. The van der Waals surface area contributed by atoms with Gasteiger partial charge in [-0.1, -0.05) is 11.6 Å². The first-order chi connectivity index (χ1) is 10.0. The van der Waals surface area contributed by atoms with Gasteiger partial charge in [0.15, 0.2) is 0 Å². The van der Waals surface area contributed by atoms with E-state index in [1.165, 1.54) is 0 Å². The average molecular weight is 313 g/mol. The number of nitrogens with one attached hydrogen (secondary N) is 2. The Balaban J connectivity index is 1.64. The maximum atomic E-state index is 11.0. The molecule has 3 N–H and O–H groups in total. The number of aliphatic hydroxyl groups is 1. The van der Waals surface area contributed by atoms with Gasteiger partial charge in [0.2, 0.25) is 5.91 Å². The molecule has 1 aromatic rings. The highest BCUT2D eigenvalue weighted by molar-refractivity contribution is 6.31. The van der Waals surface area contributed by atoms with Gasteiger partial charge < -0.3 is 20.5 Å². The standard InChI is InChI=1S/C15H21ClN2O3/c1-10-6-13(3-4-14(10)16)21-9-12(19)8-17-7-11-2-5-15(20)18-11/h3-4,6,11-12,17,19H,2,5,7-9H2,1H3,(H,18,20). The number of hydrogen-bond acceptors (Lipinski definition) is 4. The summed E-state index contributed by atoms with van der Waals surface area (Å²) in [6.45, 7) is 3.22. The molecule has 21 heavy (non-hydrogen) atoms. The highest BCUT2D eigenvalue weighted by Gasteiger charge is 2.20. The van der Waals surface area contributed by atoms with E-state index in [2.05, 4.69) is 10.6 Å². The van der Waals surface area contributed by atoms with Gasteiger partial charge in [0.1, 0.15) is 18.5 Å². The molecule has 0 spiro atoms. The smallest absolute Gasteiger partial charge is 0.220 e. The molecule has 6 heteroatoms. The van der Waals surface area contributed by atoms with Gasteiger partial charge in [-0.05, 0) is 37.1 Å². The van der Waals surface area contributed by atoms with Crippen LogP contribution >= 0.6 is 11.6 Å². The predicted molar refractivity (Wildman–Crippen MR) is 81.7 cm³/mol. The molecule has 0 bridgehead atoms. The highest BCUT2D eigenvalue weighted by Crippen LogP contribution is 2.21. The lowest BCUT2D eigenvalue weighted by Crippen LogP contribution is -2.40. The first-order valence-corrected chi connectivity index (χ1v) is 7.49. The molecule has 2 atom stereocenters. The predicted octanol–water partition coefficient (Wildman–Crippen LogP) is 1.26. The maximum absolute atomic E-state index is 11.0. The van der Waals surface area contributed by atoms with Crippen molar-refractivity contribution in [3.05, 3.63) is 28.8 Å². The summed E-state index contributed by atoms with van der Waals surface area (Å²) in [4.78, 5) is 11.0. The minimum Gasteiger partial charge on any atom is -0.491 e. The summed E-state index contributed by atoms with van der Waals surface area (Å²) in [5, 5.41) is 16.6. The summed E-state index contributed by atoms with van der Waals surface area (Å²) >= 11 is 5.94. The lowest BCUT2D eigenvalue weighted by Gasteiger charge is -2.16. The number of halogens is 1. The summed E-state index contributed by atoms with van der Waals surface area (Å²) < 4.78 is 5.52. The van der Waals surface area contributed by atoms with Crippen molar-refractivity contribution in [1.29, 1.82) is 0 Å². The summed E-state index contributed by atoms with van der Waals surface area (Å²) in [5.41, 5.74) is 0.943. The van der Waals surface area contributed by atoms with E-state index in [0.29, 0.717) is 30.3 Å². The van der Waals surface area contributed by atoms with Crippen LogP contribution in [0.5, 0.6) is 5.75 Å². The van der Waals surface area contributed by atoms with Gasteiger partial charge >= 0.3 is 0 Å². The van der Waals surface area contributed by atoms with Gasteiger partial charge in [-0.2, -0.15) is 0 Å². The van der Waals surface area contributed by atoms with Gasteiger partial charge in [0.05, 0.1) is 0 Å². The van der Waals surface area contributed by atoms with E-state index in [-0.39, 0.29) is 18.6 Å². The Kier molecular flexibility index (Phi) is 5.85. The number of amides is 1. The summed E-state index contributed by atoms with van der Waals surface area (Å²) in [6.07, 6.45) is 0.842. The fraction of sp³-hybridized carbons (Fsp3) is 0.533. The summed E-state index contributed by atoms with van der Waals surface area (Å²) in [5.74, 6) is 0.794. The van der Waals surface area contributed by atoms with Crippen LogP contribution in [0, 0.1) is 6.92 Å². The number of carbonyl (C=O) groups is 1. The van der Waals surface area contributed by atoms with Gasteiger partial charge in [0, 0.05) is 30.6 Å². The van der Waals surface area contributed by atoms with E-state index in [1.807, 2.05) is 13.0 Å². The molecule has 0 saturated carbocycles. The lowest BCUT2D eigenvalue weighted by molar-refractivity contribution is -0.119.